The summed E-state index contributed by atoms with van der Waals surface area (Å²) >= 11 is 1.26. The molecule has 3 rings (SSSR count). The number of aromatic amines is 1. The lowest BCUT2D eigenvalue weighted by Crippen LogP contribution is -2.36. The number of nitrogens with one attached hydrogen (secondary N) is 2. The molecule has 0 aliphatic carbocycles. The minimum Gasteiger partial charge on any atom is -0.325 e. The highest BCUT2D eigenvalue weighted by Crippen LogP contribution is 2.18. The van der Waals surface area contributed by atoms with E-state index < -0.39 is 0 Å². The summed E-state index contributed by atoms with van der Waals surface area (Å²) in [5.74, 6) is 0.0953. The maximum atomic E-state index is 12.4. The molecule has 6 nitrogen and oxygen atoms in total. The lowest BCUT2D eigenvalue weighted by atomic mass is 10.1. The number of nitrogens with zero attached hydrogens (tertiary/aromatic N) is 2. The molecule has 0 radical (unpaired) electrons. The zero-order valence-electron chi connectivity index (χ0n) is 15.9. The van der Waals surface area contributed by atoms with Crippen LogP contribution in [-0.2, 0) is 24.2 Å². The second kappa shape index (κ2) is 9.19. The Labute approximate surface area is 163 Å². The average Bonchev–Trinajstić information content (AvgIpc) is 2.68. The number of H-pyrrole nitrogens is 1. The van der Waals surface area contributed by atoms with E-state index in [1.54, 1.807) is 0 Å². The molecule has 1 aliphatic heterocycles. The summed E-state index contributed by atoms with van der Waals surface area (Å²) in [5, 5.41) is 3.39. The van der Waals surface area contributed by atoms with Crippen LogP contribution in [0.3, 0.4) is 0 Å². The maximum absolute atomic E-state index is 12.4. The summed E-state index contributed by atoms with van der Waals surface area (Å²) in [4.78, 5) is 34.2. The minimum atomic E-state index is -0.112. The Hall–Kier alpha value is -2.12. The maximum Gasteiger partial charge on any atom is 0.256 e. The number of hydrogen-bond donors (Lipinski definition) is 2. The van der Waals surface area contributed by atoms with E-state index in [0.717, 1.165) is 49.3 Å². The first-order chi connectivity index (χ1) is 13.1. The van der Waals surface area contributed by atoms with Crippen LogP contribution in [0.4, 0.5) is 5.69 Å². The van der Waals surface area contributed by atoms with E-state index in [4.69, 9.17) is 0 Å². The van der Waals surface area contributed by atoms with Gasteiger partial charge in [-0.2, -0.15) is 0 Å². The summed E-state index contributed by atoms with van der Waals surface area (Å²) in [7, 11) is 0. The van der Waals surface area contributed by atoms with Gasteiger partial charge in [-0.15, -0.1) is 0 Å². The van der Waals surface area contributed by atoms with Crippen LogP contribution in [0.5, 0.6) is 0 Å². The molecule has 0 spiro atoms. The van der Waals surface area contributed by atoms with Crippen LogP contribution in [0.2, 0.25) is 0 Å². The summed E-state index contributed by atoms with van der Waals surface area (Å²) in [6, 6.07) is 7.82. The van der Waals surface area contributed by atoms with E-state index in [1.807, 2.05) is 24.3 Å². The second-order valence-electron chi connectivity index (χ2n) is 6.71. The van der Waals surface area contributed by atoms with Crippen molar-refractivity contribution in [3.63, 3.8) is 0 Å². The highest BCUT2D eigenvalue weighted by Gasteiger charge is 2.20. The molecule has 7 heteroatoms. The number of aryl methyl sites for hydroxylation is 1. The van der Waals surface area contributed by atoms with Crippen molar-refractivity contribution in [2.45, 2.75) is 44.8 Å². The van der Waals surface area contributed by atoms with Crippen molar-refractivity contribution in [3.05, 3.63) is 51.4 Å². The highest BCUT2D eigenvalue weighted by molar-refractivity contribution is 7.99. The third-order valence-corrected chi connectivity index (χ3v) is 5.53. The number of rotatable bonds is 7. The van der Waals surface area contributed by atoms with Crippen LogP contribution >= 0.6 is 11.8 Å². The molecular weight excluding hydrogens is 360 g/mol. The number of thioether (sulfide) groups is 1. The molecule has 0 bridgehead atoms. The molecule has 0 saturated heterocycles. The molecule has 0 atom stereocenters. The minimum absolute atomic E-state index is 0.0844. The first-order valence-corrected chi connectivity index (χ1v) is 10.4. The van der Waals surface area contributed by atoms with Gasteiger partial charge >= 0.3 is 0 Å². The smallest absolute Gasteiger partial charge is 0.256 e. The van der Waals surface area contributed by atoms with Gasteiger partial charge in [-0.3, -0.25) is 14.5 Å². The molecule has 2 N–H and O–H groups in total. The van der Waals surface area contributed by atoms with Crippen molar-refractivity contribution in [1.82, 2.24) is 14.9 Å². The molecule has 144 valence electrons. The van der Waals surface area contributed by atoms with Gasteiger partial charge in [0.1, 0.15) is 0 Å². The number of benzene rings is 1. The first-order valence-electron chi connectivity index (χ1n) is 9.45. The van der Waals surface area contributed by atoms with Gasteiger partial charge in [0.15, 0.2) is 5.16 Å². The third-order valence-electron chi connectivity index (χ3n) is 4.65. The molecule has 27 heavy (non-hydrogen) atoms. The van der Waals surface area contributed by atoms with Crippen molar-refractivity contribution in [2.75, 3.05) is 24.2 Å². The zero-order chi connectivity index (χ0) is 19.2. The number of amides is 1. The third kappa shape index (κ3) is 5.20. The Morgan fingerprint density at radius 1 is 1.30 bits per heavy atom. The number of carbonyl (C=O) groups excluding carboxylic acids is 1. The van der Waals surface area contributed by atoms with Gasteiger partial charge in [0.2, 0.25) is 5.91 Å². The lowest BCUT2D eigenvalue weighted by Gasteiger charge is -2.27. The van der Waals surface area contributed by atoms with Gasteiger partial charge < -0.3 is 10.3 Å². The SMILES string of the molecule is CCCN1CCc2nc(SCC(=O)Nc3ccc(CC)cc3)[nH]c(=O)c2C1. The van der Waals surface area contributed by atoms with Crippen LogP contribution in [-0.4, -0.2) is 39.6 Å². The van der Waals surface area contributed by atoms with E-state index in [9.17, 15) is 9.59 Å². The predicted molar refractivity (Wildman–Crippen MR) is 109 cm³/mol. The Kier molecular flexibility index (Phi) is 6.68. The van der Waals surface area contributed by atoms with Crippen molar-refractivity contribution in [3.8, 4) is 0 Å². The van der Waals surface area contributed by atoms with Crippen molar-refractivity contribution in [1.29, 1.82) is 0 Å². The molecule has 2 heterocycles. The van der Waals surface area contributed by atoms with Gasteiger partial charge in [0.25, 0.3) is 5.56 Å². The Balaban J connectivity index is 1.59. The molecule has 1 amide bonds. The topological polar surface area (TPSA) is 78.1 Å². The quantitative estimate of drug-likeness (QED) is 0.565. The summed E-state index contributed by atoms with van der Waals surface area (Å²) in [5.41, 5.74) is 3.55. The first kappa shape index (κ1) is 19.6. The van der Waals surface area contributed by atoms with Gasteiger partial charge in [-0.1, -0.05) is 37.7 Å². The number of fused-ring (bicyclic) bond motifs is 1. The number of hydrogen-bond acceptors (Lipinski definition) is 5. The van der Waals surface area contributed by atoms with E-state index in [1.165, 1.54) is 17.3 Å². The van der Waals surface area contributed by atoms with Gasteiger partial charge in [-0.25, -0.2) is 4.98 Å². The van der Waals surface area contributed by atoms with Gasteiger partial charge in [0, 0.05) is 25.2 Å². The standard InChI is InChI=1S/C20H26N4O2S/c1-3-10-24-11-9-17-16(12-24)19(26)23-20(22-17)27-13-18(25)21-15-7-5-14(4-2)6-8-15/h5-8H,3-4,9-13H2,1-2H3,(H,21,25)(H,22,23,26). The van der Waals surface area contributed by atoms with Crippen molar-refractivity contribution >= 4 is 23.4 Å². The fourth-order valence-electron chi connectivity index (χ4n) is 3.19. The van der Waals surface area contributed by atoms with Crippen LogP contribution in [0.15, 0.2) is 34.2 Å². The molecular formula is C20H26N4O2S. The fourth-order valence-corrected chi connectivity index (χ4v) is 3.87. The van der Waals surface area contributed by atoms with Crippen LogP contribution in [0.1, 0.15) is 37.1 Å². The molecule has 0 unspecified atom stereocenters. The largest absolute Gasteiger partial charge is 0.325 e. The molecule has 1 aromatic carbocycles. The normalized spacial score (nSPS) is 14.0. The Morgan fingerprint density at radius 3 is 2.78 bits per heavy atom. The van der Waals surface area contributed by atoms with Gasteiger partial charge in [0.05, 0.1) is 17.0 Å². The average molecular weight is 387 g/mol. The van der Waals surface area contributed by atoms with Crippen molar-refractivity contribution < 1.29 is 4.79 Å². The number of carbonyl (C=O) groups is 1. The lowest BCUT2D eigenvalue weighted by molar-refractivity contribution is -0.113. The molecule has 0 saturated carbocycles. The van der Waals surface area contributed by atoms with Crippen LogP contribution in [0, 0.1) is 0 Å². The number of aromatic nitrogens is 2. The van der Waals surface area contributed by atoms with E-state index in [2.05, 4.69) is 34.0 Å². The zero-order valence-corrected chi connectivity index (χ0v) is 16.7. The second-order valence-corrected chi connectivity index (χ2v) is 7.67. The molecule has 0 fully saturated rings. The number of anilines is 1. The molecule has 1 aromatic heterocycles. The summed E-state index contributed by atoms with van der Waals surface area (Å²) in [6.07, 6.45) is 2.82. The van der Waals surface area contributed by atoms with E-state index in [0.29, 0.717) is 11.7 Å². The Bertz CT molecular complexity index is 848. The fraction of sp³-hybridized carbons (Fsp3) is 0.450. The van der Waals surface area contributed by atoms with Crippen LogP contribution < -0.4 is 10.9 Å². The van der Waals surface area contributed by atoms with Gasteiger partial charge in [-0.05, 0) is 37.1 Å². The molecule has 2 aromatic rings. The summed E-state index contributed by atoms with van der Waals surface area (Å²) in [6.45, 7) is 6.81. The highest BCUT2D eigenvalue weighted by atomic mass is 32.2. The summed E-state index contributed by atoms with van der Waals surface area (Å²) < 4.78 is 0. The van der Waals surface area contributed by atoms with E-state index in [-0.39, 0.29) is 17.2 Å². The van der Waals surface area contributed by atoms with E-state index >= 15 is 0 Å². The Morgan fingerprint density at radius 2 is 2.07 bits per heavy atom. The van der Waals surface area contributed by atoms with Crippen LogP contribution in [0.25, 0.3) is 0 Å². The predicted octanol–water partition coefficient (Wildman–Crippen LogP) is 2.83. The molecule has 1 aliphatic rings. The monoisotopic (exact) mass is 386 g/mol. The van der Waals surface area contributed by atoms with Crippen molar-refractivity contribution in [2.24, 2.45) is 0 Å².